The summed E-state index contributed by atoms with van der Waals surface area (Å²) >= 11 is 0. The molecule has 18 heteroatoms. The van der Waals surface area contributed by atoms with Crippen molar-refractivity contribution in [2.24, 2.45) is 0 Å². The zero-order chi connectivity index (χ0) is 80.8. The molecule has 0 rings (SSSR count). The van der Waals surface area contributed by atoms with Crippen LogP contribution in [0.15, 0.2) is 146 Å². The minimum atomic E-state index is -4.95. The van der Waals surface area contributed by atoms with Crippen molar-refractivity contribution in [3.63, 3.8) is 0 Å². The van der Waals surface area contributed by atoms with Crippen LogP contribution in [-0.2, 0) is 55.8 Å². The standard InChI is InChI=1S/C93H160O16P2/c1-4-7-10-13-16-19-22-25-28-31-33-35-37-39-40-41-42-43-44-45-46-48-50-51-53-56-58-61-64-67-70-73-76-79-91(96)103-82-88(94)83-105-110(99,100)106-84-89(95)85-107-111(101,102)108-87-90(109-93(98)81-78-75-72-69-66-63-60-55-30-27-24-21-18-15-12-9-6-3)86-104-92(97)80-77-74-71-68-65-62-59-57-54-52-49-47-38-36-34-32-29-26-23-20-17-14-11-8-5-2/h9,12,16-21,25-30,33-36,39-40,47,49,60,63,88-90,94-95H,4-8,10-11,13-15,22-24,31-32,37-38,41-46,48,50-59,61-62,64-87H2,1-3H3,(H,99,100)(H,101,102)/b12-9-,19-16-,20-17-,21-18-,28-25-,29-26-,30-27-,35-33-,36-34-,40-39-,49-47-,63-60-. The van der Waals surface area contributed by atoms with E-state index >= 15 is 0 Å². The molecule has 0 aromatic heterocycles. The molecule has 0 amide bonds. The number of unbranched alkanes of at least 4 members (excludes halogenated alkanes) is 36. The Morgan fingerprint density at radius 1 is 0.261 bits per heavy atom. The lowest BCUT2D eigenvalue weighted by atomic mass is 10.0. The zero-order valence-electron chi connectivity index (χ0n) is 70.1. The van der Waals surface area contributed by atoms with Gasteiger partial charge in [-0.1, -0.05) is 346 Å². The highest BCUT2D eigenvalue weighted by Gasteiger charge is 2.29. The van der Waals surface area contributed by atoms with E-state index in [1.807, 2.05) is 0 Å². The van der Waals surface area contributed by atoms with Crippen LogP contribution in [-0.4, -0.2) is 95.9 Å². The Bertz CT molecular complexity index is 2600. The van der Waals surface area contributed by atoms with Crippen molar-refractivity contribution in [1.29, 1.82) is 0 Å². The molecule has 0 saturated carbocycles. The van der Waals surface area contributed by atoms with Gasteiger partial charge in [0.2, 0.25) is 0 Å². The molecule has 0 aromatic rings. The fraction of sp³-hybridized carbons (Fsp3) is 0.710. The normalized spacial score (nSPS) is 14.5. The second-order valence-electron chi connectivity index (χ2n) is 29.3. The minimum Gasteiger partial charge on any atom is -0.463 e. The highest BCUT2D eigenvalue weighted by Crippen LogP contribution is 2.45. The van der Waals surface area contributed by atoms with Crippen LogP contribution in [0.3, 0.4) is 0 Å². The van der Waals surface area contributed by atoms with Crippen LogP contribution in [0.2, 0.25) is 0 Å². The number of ether oxygens (including phenoxy) is 3. The van der Waals surface area contributed by atoms with Crippen molar-refractivity contribution in [3.8, 4) is 0 Å². The predicted molar refractivity (Wildman–Crippen MR) is 463 cm³/mol. The summed E-state index contributed by atoms with van der Waals surface area (Å²) in [4.78, 5) is 58.8. The Kier molecular flexibility index (Phi) is 81.3. The zero-order valence-corrected chi connectivity index (χ0v) is 71.9. The first-order valence-electron chi connectivity index (χ1n) is 44.1. The van der Waals surface area contributed by atoms with Gasteiger partial charge in [-0.25, -0.2) is 9.13 Å². The third-order valence-corrected chi connectivity index (χ3v) is 20.4. The first kappa shape index (κ1) is 106. The Labute approximate surface area is 677 Å². The van der Waals surface area contributed by atoms with Gasteiger partial charge in [-0.3, -0.25) is 32.5 Å². The lowest BCUT2D eigenvalue weighted by Gasteiger charge is -2.21. The Morgan fingerprint density at radius 2 is 0.477 bits per heavy atom. The van der Waals surface area contributed by atoms with Crippen LogP contribution in [0, 0.1) is 0 Å². The summed E-state index contributed by atoms with van der Waals surface area (Å²) in [5.41, 5.74) is 0. The average Bonchev–Trinajstić information content (AvgIpc) is 0.903. The number of esters is 3. The molecule has 0 bridgehead atoms. The SMILES string of the molecule is CC/C=C\C/C=C\C/C=C\C/C=C\CCCCCCC(=O)OC(COC(=O)CCCCCCCCCCC/C=C\C/C=C\C/C=C\C/C=C\CCCCC)COP(=O)(O)OCC(O)COP(=O)(O)OCC(O)COC(=O)CCCCCCCCCCCCCCCCCCC/C=C\C/C=C\C/C=C\C/C=C\CCCCC. The van der Waals surface area contributed by atoms with Gasteiger partial charge in [0.25, 0.3) is 0 Å². The monoisotopic (exact) mass is 1600 g/mol. The molecule has 16 nitrogen and oxygen atoms in total. The fourth-order valence-electron chi connectivity index (χ4n) is 11.8. The van der Waals surface area contributed by atoms with Crippen LogP contribution in [0.4, 0.5) is 0 Å². The molecule has 0 aliphatic carbocycles. The van der Waals surface area contributed by atoms with E-state index in [0.717, 1.165) is 141 Å². The molecule has 0 spiro atoms. The van der Waals surface area contributed by atoms with Gasteiger partial charge in [-0.15, -0.1) is 0 Å². The van der Waals surface area contributed by atoms with E-state index in [4.69, 9.17) is 32.3 Å². The van der Waals surface area contributed by atoms with E-state index in [9.17, 15) is 43.5 Å². The molecule has 4 N–H and O–H groups in total. The molecule has 0 aromatic carbocycles. The smallest absolute Gasteiger partial charge is 0.463 e. The van der Waals surface area contributed by atoms with E-state index in [-0.39, 0.29) is 19.3 Å². The molecule has 638 valence electrons. The summed E-state index contributed by atoms with van der Waals surface area (Å²) in [6.45, 7) is 2.51. The first-order valence-corrected chi connectivity index (χ1v) is 47.1. The molecule has 111 heavy (non-hydrogen) atoms. The number of aliphatic hydroxyl groups excluding tert-OH is 2. The highest BCUT2D eigenvalue weighted by molar-refractivity contribution is 7.47. The molecule has 0 radical (unpaired) electrons. The Balaban J connectivity index is 4.51. The number of hydrogen-bond acceptors (Lipinski definition) is 14. The maximum atomic E-state index is 13.0. The summed E-state index contributed by atoms with van der Waals surface area (Å²) < 4.78 is 61.3. The van der Waals surface area contributed by atoms with E-state index < -0.39 is 91.5 Å². The van der Waals surface area contributed by atoms with E-state index in [2.05, 4.69) is 167 Å². The van der Waals surface area contributed by atoms with Gasteiger partial charge < -0.3 is 34.2 Å². The molecule has 5 unspecified atom stereocenters. The highest BCUT2D eigenvalue weighted by atomic mass is 31.2. The van der Waals surface area contributed by atoms with Crippen molar-refractivity contribution in [3.05, 3.63) is 146 Å². The number of hydrogen-bond donors (Lipinski definition) is 4. The Hall–Kier alpha value is -4.57. The third-order valence-electron chi connectivity index (χ3n) is 18.5. The van der Waals surface area contributed by atoms with Crippen LogP contribution in [0.1, 0.15) is 367 Å². The van der Waals surface area contributed by atoms with Crippen LogP contribution in [0.25, 0.3) is 0 Å². The van der Waals surface area contributed by atoms with Crippen LogP contribution >= 0.6 is 15.6 Å². The molecular weight excluding hydrogens is 1430 g/mol. The summed E-state index contributed by atoms with van der Waals surface area (Å²) in [5.74, 6) is -1.60. The van der Waals surface area contributed by atoms with E-state index in [0.29, 0.717) is 19.3 Å². The maximum absolute atomic E-state index is 13.0. The number of phosphoric ester groups is 2. The second-order valence-corrected chi connectivity index (χ2v) is 32.2. The lowest BCUT2D eigenvalue weighted by molar-refractivity contribution is -0.161. The van der Waals surface area contributed by atoms with Gasteiger partial charge in [-0.05, 0) is 148 Å². The predicted octanol–water partition coefficient (Wildman–Crippen LogP) is 26.8. The van der Waals surface area contributed by atoms with Gasteiger partial charge in [0.1, 0.15) is 25.4 Å². The Morgan fingerprint density at radius 3 is 0.757 bits per heavy atom. The molecule has 0 aliphatic heterocycles. The number of aliphatic hydroxyl groups is 2. The quantitative estimate of drug-likeness (QED) is 0.0146. The first-order chi connectivity index (χ1) is 54.2. The summed E-state index contributed by atoms with van der Waals surface area (Å²) in [6, 6.07) is 0. The van der Waals surface area contributed by atoms with Crippen molar-refractivity contribution >= 4 is 33.6 Å². The molecule has 0 aliphatic rings. The van der Waals surface area contributed by atoms with Crippen molar-refractivity contribution < 1.29 is 75.8 Å². The van der Waals surface area contributed by atoms with Crippen molar-refractivity contribution in [2.75, 3.05) is 39.6 Å². The molecule has 0 fully saturated rings. The summed E-state index contributed by atoms with van der Waals surface area (Å²) in [6.07, 6.45) is 106. The second kappa shape index (κ2) is 84.8. The van der Waals surface area contributed by atoms with Gasteiger partial charge in [0.15, 0.2) is 6.10 Å². The molecular formula is C93H160O16P2. The fourth-order valence-corrected chi connectivity index (χ4v) is 13.4. The summed E-state index contributed by atoms with van der Waals surface area (Å²) in [5, 5.41) is 20.7. The van der Waals surface area contributed by atoms with Crippen LogP contribution < -0.4 is 0 Å². The number of carbonyl (C=O) groups excluding carboxylic acids is 3. The molecule has 5 atom stereocenters. The van der Waals surface area contributed by atoms with Crippen LogP contribution in [0.5, 0.6) is 0 Å². The number of rotatable bonds is 83. The van der Waals surface area contributed by atoms with Gasteiger partial charge in [-0.2, -0.15) is 0 Å². The largest absolute Gasteiger partial charge is 0.472 e. The maximum Gasteiger partial charge on any atom is 0.472 e. The molecule has 0 saturated heterocycles. The number of carbonyl (C=O) groups is 3. The van der Waals surface area contributed by atoms with Crippen molar-refractivity contribution in [2.45, 2.75) is 386 Å². The third kappa shape index (κ3) is 86.1. The topological polar surface area (TPSA) is 231 Å². The lowest BCUT2D eigenvalue weighted by Crippen LogP contribution is -2.30. The van der Waals surface area contributed by atoms with Gasteiger partial charge in [0.05, 0.1) is 26.4 Å². The number of phosphoric acid groups is 2. The number of allylic oxidation sites excluding steroid dienone is 24. The van der Waals surface area contributed by atoms with Gasteiger partial charge in [0, 0.05) is 19.3 Å². The van der Waals surface area contributed by atoms with E-state index in [1.54, 1.807) is 0 Å². The van der Waals surface area contributed by atoms with Crippen molar-refractivity contribution in [1.82, 2.24) is 0 Å². The van der Waals surface area contributed by atoms with Gasteiger partial charge >= 0.3 is 33.6 Å². The van der Waals surface area contributed by atoms with E-state index in [1.165, 1.54) is 167 Å². The minimum absolute atomic E-state index is 0.0720. The molecule has 0 heterocycles. The average molecular weight is 1600 g/mol. The summed E-state index contributed by atoms with van der Waals surface area (Å²) in [7, 11) is -9.81.